The largest absolute Gasteiger partial charge is 0.323 e. The summed E-state index contributed by atoms with van der Waals surface area (Å²) in [7, 11) is 0. The summed E-state index contributed by atoms with van der Waals surface area (Å²) < 4.78 is 0. The van der Waals surface area contributed by atoms with E-state index >= 15 is 0 Å². The smallest absolute Gasteiger partial charge is 0.311 e. The molecule has 1 saturated heterocycles. The van der Waals surface area contributed by atoms with Crippen molar-refractivity contribution >= 4 is 11.9 Å². The number of urea groups is 1. The lowest BCUT2D eigenvalue weighted by Crippen LogP contribution is -2.37. The second-order valence-electron chi connectivity index (χ2n) is 5.07. The van der Waals surface area contributed by atoms with Gasteiger partial charge in [-0.1, -0.05) is 26.8 Å². The number of carbonyl (C=O) groups is 1. The quantitative estimate of drug-likeness (QED) is 0.686. The molecule has 15 heavy (non-hydrogen) atoms. The second-order valence-corrected chi connectivity index (χ2v) is 5.07. The third-order valence-corrected chi connectivity index (χ3v) is 2.34. The van der Waals surface area contributed by atoms with Crippen molar-refractivity contribution in [3.05, 3.63) is 12.7 Å². The van der Waals surface area contributed by atoms with Gasteiger partial charge in [0, 0.05) is 6.54 Å². The molecule has 2 N–H and O–H groups in total. The molecule has 1 unspecified atom stereocenters. The number of carbonyl (C=O) groups excluding carboxylic acids is 1. The van der Waals surface area contributed by atoms with Gasteiger partial charge in [-0.25, -0.2) is 4.79 Å². The number of amidine groups is 1. The van der Waals surface area contributed by atoms with E-state index in [4.69, 9.17) is 5.41 Å². The molecule has 0 bridgehead atoms. The monoisotopic (exact) mass is 209 g/mol. The van der Waals surface area contributed by atoms with Crippen molar-refractivity contribution < 1.29 is 4.79 Å². The summed E-state index contributed by atoms with van der Waals surface area (Å²) in [6.45, 7) is 10.4. The van der Waals surface area contributed by atoms with Gasteiger partial charge in [-0.15, -0.1) is 6.58 Å². The van der Waals surface area contributed by atoms with Crippen LogP contribution in [0, 0.1) is 10.8 Å². The maximum absolute atomic E-state index is 11.5. The lowest BCUT2D eigenvalue weighted by atomic mass is 9.87. The third-order valence-electron chi connectivity index (χ3n) is 2.34. The van der Waals surface area contributed by atoms with Crippen LogP contribution in [0.1, 0.15) is 27.2 Å². The van der Waals surface area contributed by atoms with Crippen molar-refractivity contribution in [2.75, 3.05) is 6.54 Å². The summed E-state index contributed by atoms with van der Waals surface area (Å²) >= 11 is 0. The highest BCUT2D eigenvalue weighted by atomic mass is 16.2. The minimum Gasteiger partial charge on any atom is -0.311 e. The van der Waals surface area contributed by atoms with E-state index in [0.717, 1.165) is 6.42 Å². The van der Waals surface area contributed by atoms with E-state index in [9.17, 15) is 4.79 Å². The van der Waals surface area contributed by atoms with E-state index in [1.165, 1.54) is 0 Å². The van der Waals surface area contributed by atoms with Crippen LogP contribution < -0.4 is 5.32 Å². The minimum absolute atomic E-state index is 0.0999. The Morgan fingerprint density at radius 1 is 1.60 bits per heavy atom. The van der Waals surface area contributed by atoms with Crippen molar-refractivity contribution in [2.45, 2.75) is 33.2 Å². The molecule has 1 aliphatic heterocycles. The molecule has 4 heteroatoms. The van der Waals surface area contributed by atoms with E-state index in [1.807, 2.05) is 0 Å². The Kier molecular flexibility index (Phi) is 3.17. The van der Waals surface area contributed by atoms with E-state index in [0.29, 0.717) is 12.4 Å². The fourth-order valence-corrected chi connectivity index (χ4v) is 1.71. The van der Waals surface area contributed by atoms with Gasteiger partial charge in [-0.3, -0.25) is 10.7 Å². The maximum atomic E-state index is 11.5. The summed E-state index contributed by atoms with van der Waals surface area (Å²) in [6, 6.07) is -0.315. The molecule has 0 radical (unpaired) electrons. The average Bonchev–Trinajstić information content (AvgIpc) is 2.30. The van der Waals surface area contributed by atoms with Crippen LogP contribution in [0.2, 0.25) is 0 Å². The maximum Gasteiger partial charge on any atom is 0.323 e. The molecular weight excluding hydrogens is 190 g/mol. The Bertz CT molecular complexity index is 291. The first-order chi connectivity index (χ1) is 6.85. The van der Waals surface area contributed by atoms with Crippen molar-refractivity contribution in [3.63, 3.8) is 0 Å². The Morgan fingerprint density at radius 3 is 2.67 bits per heavy atom. The minimum atomic E-state index is -0.186. The number of amides is 2. The Balaban J connectivity index is 2.78. The SMILES string of the molecule is C=CCN1C(=O)NC(=N)C1CC(C)(C)C. The zero-order valence-corrected chi connectivity index (χ0v) is 9.63. The number of hydrogen-bond donors (Lipinski definition) is 2. The molecule has 1 rings (SSSR count). The van der Waals surface area contributed by atoms with E-state index < -0.39 is 0 Å². The van der Waals surface area contributed by atoms with Gasteiger partial charge in [0.1, 0.15) is 5.84 Å². The lowest BCUT2D eigenvalue weighted by Gasteiger charge is -2.27. The van der Waals surface area contributed by atoms with E-state index in [-0.39, 0.29) is 17.5 Å². The van der Waals surface area contributed by atoms with Crippen LogP contribution in [0.25, 0.3) is 0 Å². The number of hydrogen-bond acceptors (Lipinski definition) is 2. The first kappa shape index (κ1) is 11.8. The Hall–Kier alpha value is -1.32. The van der Waals surface area contributed by atoms with Gasteiger partial charge in [0.05, 0.1) is 6.04 Å². The molecule has 0 aliphatic carbocycles. The van der Waals surface area contributed by atoms with Crippen molar-refractivity contribution in [2.24, 2.45) is 5.41 Å². The summed E-state index contributed by atoms with van der Waals surface area (Å²) in [5, 5.41) is 10.3. The molecule has 1 atom stereocenters. The van der Waals surface area contributed by atoms with Gasteiger partial charge < -0.3 is 4.90 Å². The van der Waals surface area contributed by atoms with Crippen molar-refractivity contribution in [1.29, 1.82) is 5.41 Å². The molecule has 0 saturated carbocycles. The Labute approximate surface area is 90.8 Å². The molecule has 2 amide bonds. The summed E-state index contributed by atoms with van der Waals surface area (Å²) in [4.78, 5) is 13.2. The Morgan fingerprint density at radius 2 is 2.20 bits per heavy atom. The van der Waals surface area contributed by atoms with Gasteiger partial charge >= 0.3 is 6.03 Å². The van der Waals surface area contributed by atoms with Crippen LogP contribution in [0.15, 0.2) is 12.7 Å². The molecule has 1 heterocycles. The fraction of sp³-hybridized carbons (Fsp3) is 0.636. The highest BCUT2D eigenvalue weighted by molar-refractivity contribution is 6.05. The topological polar surface area (TPSA) is 56.2 Å². The number of nitrogens with one attached hydrogen (secondary N) is 2. The normalized spacial score (nSPS) is 21.8. The molecule has 1 fully saturated rings. The first-order valence-electron chi connectivity index (χ1n) is 5.12. The molecule has 0 aromatic rings. The van der Waals surface area contributed by atoms with Crippen LogP contribution in [0.3, 0.4) is 0 Å². The molecule has 1 aliphatic rings. The highest BCUT2D eigenvalue weighted by Crippen LogP contribution is 2.26. The van der Waals surface area contributed by atoms with E-state index in [2.05, 4.69) is 32.7 Å². The molecular formula is C11H19N3O. The van der Waals surface area contributed by atoms with Crippen LogP contribution in [-0.4, -0.2) is 29.4 Å². The number of rotatable bonds is 3. The van der Waals surface area contributed by atoms with Gasteiger partial charge in [-0.05, 0) is 11.8 Å². The fourth-order valence-electron chi connectivity index (χ4n) is 1.71. The predicted octanol–water partition coefficient (Wildman–Crippen LogP) is 1.98. The molecule has 0 aromatic heterocycles. The summed E-state index contributed by atoms with van der Waals surface area (Å²) in [5.41, 5.74) is 0.0999. The lowest BCUT2D eigenvalue weighted by molar-refractivity contribution is 0.198. The predicted molar refractivity (Wildman–Crippen MR) is 61.0 cm³/mol. The zero-order valence-electron chi connectivity index (χ0n) is 9.63. The van der Waals surface area contributed by atoms with Crippen LogP contribution in [-0.2, 0) is 0 Å². The van der Waals surface area contributed by atoms with E-state index in [1.54, 1.807) is 11.0 Å². The van der Waals surface area contributed by atoms with Crippen LogP contribution in [0.4, 0.5) is 4.79 Å². The molecule has 0 spiro atoms. The second kappa shape index (κ2) is 4.04. The van der Waals surface area contributed by atoms with Gasteiger partial charge in [0.15, 0.2) is 0 Å². The van der Waals surface area contributed by atoms with Gasteiger partial charge in [0.2, 0.25) is 0 Å². The highest BCUT2D eigenvalue weighted by Gasteiger charge is 2.36. The van der Waals surface area contributed by atoms with Crippen molar-refractivity contribution in [3.8, 4) is 0 Å². The van der Waals surface area contributed by atoms with Gasteiger partial charge in [-0.2, -0.15) is 0 Å². The number of nitrogens with zero attached hydrogens (tertiary/aromatic N) is 1. The van der Waals surface area contributed by atoms with Crippen LogP contribution >= 0.6 is 0 Å². The zero-order chi connectivity index (χ0) is 11.6. The summed E-state index contributed by atoms with van der Waals surface area (Å²) in [5.74, 6) is 0.303. The first-order valence-corrected chi connectivity index (χ1v) is 5.12. The van der Waals surface area contributed by atoms with Crippen molar-refractivity contribution in [1.82, 2.24) is 10.2 Å². The third kappa shape index (κ3) is 2.81. The molecule has 0 aromatic carbocycles. The summed E-state index contributed by atoms with van der Waals surface area (Å²) in [6.07, 6.45) is 2.48. The standard InChI is InChI=1S/C11H19N3O/c1-5-6-14-8(7-11(2,3)4)9(12)13-10(14)15/h5,8H,1,6-7H2,2-4H3,(H2,12,13,15). The molecule has 84 valence electrons. The average molecular weight is 209 g/mol. The van der Waals surface area contributed by atoms with Gasteiger partial charge in [0.25, 0.3) is 0 Å². The van der Waals surface area contributed by atoms with Crippen LogP contribution in [0.5, 0.6) is 0 Å². The molecule has 4 nitrogen and oxygen atoms in total.